The maximum atomic E-state index is 12.9. The lowest BCUT2D eigenvalue weighted by atomic mass is 9.89. The fourth-order valence-electron chi connectivity index (χ4n) is 4.97. The molecule has 28 heavy (non-hydrogen) atoms. The number of hydrogen-bond donors (Lipinski definition) is 1. The number of nitrogens with zero attached hydrogens (tertiary/aromatic N) is 2. The number of piperidine rings is 1. The Kier molecular flexibility index (Phi) is 5.85. The van der Waals surface area contributed by atoms with E-state index >= 15 is 0 Å². The number of carbonyl (C=O) groups is 2. The van der Waals surface area contributed by atoms with E-state index in [9.17, 15) is 9.59 Å². The highest BCUT2D eigenvalue weighted by Gasteiger charge is 2.35. The average molecular weight is 386 g/mol. The highest BCUT2D eigenvalue weighted by molar-refractivity contribution is 5.97. The Labute approximate surface area is 167 Å². The molecule has 6 heteroatoms. The zero-order chi connectivity index (χ0) is 19.5. The van der Waals surface area contributed by atoms with Gasteiger partial charge >= 0.3 is 0 Å². The minimum Gasteiger partial charge on any atom is -0.493 e. The highest BCUT2D eigenvalue weighted by Crippen LogP contribution is 2.33. The highest BCUT2D eigenvalue weighted by atomic mass is 16.5. The molecular weight excluding hydrogens is 354 g/mol. The van der Waals surface area contributed by atoms with E-state index in [1.54, 1.807) is 0 Å². The topological polar surface area (TPSA) is 61.9 Å². The molecule has 2 atom stereocenters. The van der Waals surface area contributed by atoms with Crippen molar-refractivity contribution < 1.29 is 14.3 Å². The van der Waals surface area contributed by atoms with Crippen LogP contribution < -0.4 is 10.1 Å². The standard InChI is InChI=1S/C22H31N3O3/c1-2-28-20-6-4-3-5-19(20)22(27)25-11-9-24(10-12-25)21(26)15-16-13-17-7-8-18(14-16)23-17/h3-6,16-18,23H,2,7-15H2,1H3. The van der Waals surface area contributed by atoms with Crippen LogP contribution in [0.5, 0.6) is 5.75 Å². The molecule has 2 amide bonds. The number of fused-ring (bicyclic) bond motifs is 2. The van der Waals surface area contributed by atoms with Crippen LogP contribution in [0.1, 0.15) is 49.4 Å². The summed E-state index contributed by atoms with van der Waals surface area (Å²) in [5.74, 6) is 1.40. The first-order chi connectivity index (χ1) is 13.6. The molecule has 152 valence electrons. The lowest BCUT2D eigenvalue weighted by Crippen LogP contribution is -2.51. The second-order valence-electron chi connectivity index (χ2n) is 8.28. The van der Waals surface area contributed by atoms with Crippen LogP contribution in [0.2, 0.25) is 0 Å². The van der Waals surface area contributed by atoms with Crippen molar-refractivity contribution in [3.05, 3.63) is 29.8 Å². The minimum absolute atomic E-state index is 0.00826. The monoisotopic (exact) mass is 385 g/mol. The molecule has 3 heterocycles. The van der Waals surface area contributed by atoms with E-state index in [1.807, 2.05) is 41.0 Å². The van der Waals surface area contributed by atoms with Gasteiger partial charge in [0.05, 0.1) is 12.2 Å². The first-order valence-electron chi connectivity index (χ1n) is 10.7. The zero-order valence-corrected chi connectivity index (χ0v) is 16.7. The zero-order valence-electron chi connectivity index (χ0n) is 16.7. The maximum Gasteiger partial charge on any atom is 0.257 e. The molecule has 0 radical (unpaired) electrons. The first kappa shape index (κ1) is 19.2. The molecule has 1 aromatic carbocycles. The average Bonchev–Trinajstić information content (AvgIpc) is 3.06. The molecule has 2 unspecified atom stereocenters. The van der Waals surface area contributed by atoms with Gasteiger partial charge in [0.2, 0.25) is 5.91 Å². The fraction of sp³-hybridized carbons (Fsp3) is 0.636. The number of piperazine rings is 1. The predicted octanol–water partition coefficient (Wildman–Crippen LogP) is 2.29. The van der Waals surface area contributed by atoms with Gasteiger partial charge in [0.25, 0.3) is 5.91 Å². The number of ether oxygens (including phenoxy) is 1. The van der Waals surface area contributed by atoms with Gasteiger partial charge in [0, 0.05) is 44.7 Å². The summed E-state index contributed by atoms with van der Waals surface area (Å²) < 4.78 is 5.60. The Morgan fingerprint density at radius 1 is 1.04 bits per heavy atom. The van der Waals surface area contributed by atoms with Gasteiger partial charge in [-0.15, -0.1) is 0 Å². The molecule has 3 aliphatic heterocycles. The van der Waals surface area contributed by atoms with E-state index in [1.165, 1.54) is 12.8 Å². The summed E-state index contributed by atoms with van der Waals surface area (Å²) in [5, 5.41) is 3.64. The number of amides is 2. The molecule has 0 spiro atoms. The van der Waals surface area contributed by atoms with Crippen LogP contribution >= 0.6 is 0 Å². The van der Waals surface area contributed by atoms with E-state index in [2.05, 4.69) is 5.32 Å². The molecule has 3 fully saturated rings. The van der Waals surface area contributed by atoms with Gasteiger partial charge in [-0.25, -0.2) is 0 Å². The smallest absolute Gasteiger partial charge is 0.257 e. The Bertz CT molecular complexity index is 703. The fourth-order valence-corrected chi connectivity index (χ4v) is 4.97. The Morgan fingerprint density at radius 3 is 2.36 bits per heavy atom. The van der Waals surface area contributed by atoms with E-state index < -0.39 is 0 Å². The van der Waals surface area contributed by atoms with Crippen LogP contribution in [0.15, 0.2) is 24.3 Å². The molecule has 3 saturated heterocycles. The molecule has 1 aromatic rings. The molecule has 3 aliphatic rings. The minimum atomic E-state index is -0.00826. The van der Waals surface area contributed by atoms with Gasteiger partial charge in [0.1, 0.15) is 5.75 Å². The van der Waals surface area contributed by atoms with E-state index in [4.69, 9.17) is 4.74 Å². The van der Waals surface area contributed by atoms with Gasteiger partial charge in [-0.3, -0.25) is 9.59 Å². The quantitative estimate of drug-likeness (QED) is 0.845. The number of nitrogens with one attached hydrogen (secondary N) is 1. The van der Waals surface area contributed by atoms with Crippen LogP contribution in [0.4, 0.5) is 0 Å². The molecular formula is C22H31N3O3. The van der Waals surface area contributed by atoms with Crippen molar-refractivity contribution in [1.82, 2.24) is 15.1 Å². The third-order valence-corrected chi connectivity index (χ3v) is 6.37. The summed E-state index contributed by atoms with van der Waals surface area (Å²) >= 11 is 0. The van der Waals surface area contributed by atoms with Gasteiger partial charge in [-0.1, -0.05) is 12.1 Å². The van der Waals surface area contributed by atoms with Crippen LogP contribution in [0.25, 0.3) is 0 Å². The van der Waals surface area contributed by atoms with Crippen molar-refractivity contribution in [2.24, 2.45) is 5.92 Å². The van der Waals surface area contributed by atoms with E-state index in [0.717, 1.165) is 12.8 Å². The number of para-hydroxylation sites is 1. The van der Waals surface area contributed by atoms with Crippen LogP contribution in [0, 0.1) is 5.92 Å². The summed E-state index contributed by atoms with van der Waals surface area (Å²) in [7, 11) is 0. The SMILES string of the molecule is CCOc1ccccc1C(=O)N1CCN(C(=O)CC2CC3CCC(C2)N3)CC1. The number of carbonyl (C=O) groups excluding carboxylic acids is 2. The molecule has 6 nitrogen and oxygen atoms in total. The summed E-state index contributed by atoms with van der Waals surface area (Å²) in [4.78, 5) is 29.5. The molecule has 0 aromatic heterocycles. The largest absolute Gasteiger partial charge is 0.493 e. The van der Waals surface area contributed by atoms with Crippen LogP contribution in [-0.4, -0.2) is 66.5 Å². The van der Waals surface area contributed by atoms with E-state index in [0.29, 0.717) is 68.5 Å². The van der Waals surface area contributed by atoms with Crippen molar-refractivity contribution in [2.75, 3.05) is 32.8 Å². The molecule has 2 bridgehead atoms. The number of rotatable bonds is 5. The van der Waals surface area contributed by atoms with Crippen LogP contribution in [0.3, 0.4) is 0 Å². The Hall–Kier alpha value is -2.08. The van der Waals surface area contributed by atoms with Crippen molar-refractivity contribution in [2.45, 2.75) is 51.1 Å². The van der Waals surface area contributed by atoms with Gasteiger partial charge in [-0.2, -0.15) is 0 Å². The Balaban J connectivity index is 1.29. The molecule has 4 rings (SSSR count). The third kappa shape index (κ3) is 4.17. The van der Waals surface area contributed by atoms with Gasteiger partial charge < -0.3 is 19.9 Å². The third-order valence-electron chi connectivity index (χ3n) is 6.37. The second kappa shape index (κ2) is 8.52. The van der Waals surface area contributed by atoms with Gasteiger partial charge in [0.15, 0.2) is 0 Å². The maximum absolute atomic E-state index is 12.9. The Morgan fingerprint density at radius 2 is 1.68 bits per heavy atom. The number of hydrogen-bond acceptors (Lipinski definition) is 4. The summed E-state index contributed by atoms with van der Waals surface area (Å²) in [6, 6.07) is 8.64. The van der Waals surface area contributed by atoms with Crippen molar-refractivity contribution in [3.8, 4) is 5.75 Å². The van der Waals surface area contributed by atoms with Gasteiger partial charge in [-0.05, 0) is 50.7 Å². The normalized spacial score (nSPS) is 27.0. The first-order valence-corrected chi connectivity index (χ1v) is 10.7. The lowest BCUT2D eigenvalue weighted by molar-refractivity contribution is -0.134. The summed E-state index contributed by atoms with van der Waals surface area (Å²) in [5.41, 5.74) is 0.606. The van der Waals surface area contributed by atoms with Crippen molar-refractivity contribution >= 4 is 11.8 Å². The van der Waals surface area contributed by atoms with E-state index in [-0.39, 0.29) is 11.8 Å². The predicted molar refractivity (Wildman–Crippen MR) is 107 cm³/mol. The van der Waals surface area contributed by atoms with Crippen LogP contribution in [-0.2, 0) is 4.79 Å². The summed E-state index contributed by atoms with van der Waals surface area (Å²) in [6.07, 6.45) is 5.46. The second-order valence-corrected chi connectivity index (χ2v) is 8.28. The lowest BCUT2D eigenvalue weighted by Gasteiger charge is -2.36. The number of benzene rings is 1. The molecule has 1 N–H and O–H groups in total. The van der Waals surface area contributed by atoms with Crippen molar-refractivity contribution in [1.29, 1.82) is 0 Å². The summed E-state index contributed by atoms with van der Waals surface area (Å²) in [6.45, 7) is 4.87. The van der Waals surface area contributed by atoms with Crippen molar-refractivity contribution in [3.63, 3.8) is 0 Å². The molecule has 0 saturated carbocycles. The molecule has 0 aliphatic carbocycles.